The van der Waals surface area contributed by atoms with E-state index in [0.29, 0.717) is 5.69 Å². The van der Waals surface area contributed by atoms with E-state index in [0.717, 1.165) is 0 Å². The van der Waals surface area contributed by atoms with E-state index in [-0.39, 0.29) is 5.69 Å². The van der Waals surface area contributed by atoms with Gasteiger partial charge in [-0.1, -0.05) is 12.1 Å². The molecule has 0 aliphatic carbocycles. The first-order chi connectivity index (χ1) is 5.63. The van der Waals surface area contributed by atoms with Gasteiger partial charge in [0, 0.05) is 26.2 Å². The van der Waals surface area contributed by atoms with E-state index >= 15 is 0 Å². The number of para-hydroxylation sites is 1. The number of rotatable bonds is 2. The van der Waals surface area contributed by atoms with Crippen LogP contribution in [-0.4, -0.2) is 19.0 Å². The fourth-order valence-electron chi connectivity index (χ4n) is 0.925. The highest BCUT2D eigenvalue weighted by Crippen LogP contribution is 2.24. The van der Waals surface area contributed by atoms with Crippen LogP contribution in [-0.2, 0) is 0 Å². The molecule has 0 saturated heterocycles. The van der Waals surface area contributed by atoms with Crippen LogP contribution in [0.5, 0.6) is 0 Å². The third-order valence-corrected chi connectivity index (χ3v) is 1.46. The van der Waals surface area contributed by atoms with Gasteiger partial charge in [0.1, 0.15) is 5.69 Å². The van der Waals surface area contributed by atoms with Crippen LogP contribution < -0.4 is 4.90 Å². The Balaban J connectivity index is 3.17. The molecule has 0 spiro atoms. The zero-order valence-corrected chi connectivity index (χ0v) is 6.94. The van der Waals surface area contributed by atoms with Gasteiger partial charge in [0.05, 0.1) is 4.92 Å². The fourth-order valence-corrected chi connectivity index (χ4v) is 0.925. The van der Waals surface area contributed by atoms with E-state index < -0.39 is 4.92 Å². The lowest BCUT2D eigenvalue weighted by Gasteiger charge is -2.10. The molecule has 0 unspecified atom stereocenters. The lowest BCUT2D eigenvalue weighted by molar-refractivity contribution is -0.384. The summed E-state index contributed by atoms with van der Waals surface area (Å²) in [7, 11) is 3.50. The first kappa shape index (κ1) is 8.52. The summed E-state index contributed by atoms with van der Waals surface area (Å²) in [5.41, 5.74) is 0.588. The lowest BCUT2D eigenvalue weighted by Crippen LogP contribution is -2.10. The van der Waals surface area contributed by atoms with Crippen LogP contribution in [0, 0.1) is 16.2 Å². The second kappa shape index (κ2) is 3.21. The van der Waals surface area contributed by atoms with E-state index in [1.54, 1.807) is 31.1 Å². The number of hydrogen-bond acceptors (Lipinski definition) is 3. The van der Waals surface area contributed by atoms with Crippen molar-refractivity contribution in [2.45, 2.75) is 0 Å². The summed E-state index contributed by atoms with van der Waals surface area (Å²) in [5.74, 6) is 0. The van der Waals surface area contributed by atoms with Crippen LogP contribution in [0.3, 0.4) is 0 Å². The summed E-state index contributed by atoms with van der Waals surface area (Å²) in [6.07, 6.45) is 0. The predicted octanol–water partition coefficient (Wildman–Crippen LogP) is 1.46. The highest BCUT2D eigenvalue weighted by molar-refractivity contribution is 5.61. The van der Waals surface area contributed by atoms with Gasteiger partial charge in [-0.15, -0.1) is 0 Å². The van der Waals surface area contributed by atoms with Crippen LogP contribution in [0.1, 0.15) is 0 Å². The zero-order valence-electron chi connectivity index (χ0n) is 6.94. The second-order valence-corrected chi connectivity index (χ2v) is 2.56. The van der Waals surface area contributed by atoms with Crippen LogP contribution in [0.15, 0.2) is 18.2 Å². The molecule has 0 amide bonds. The Morgan fingerprint density at radius 2 is 2.25 bits per heavy atom. The normalized spacial score (nSPS) is 9.50. The molecule has 0 aromatic heterocycles. The van der Waals surface area contributed by atoms with E-state index in [2.05, 4.69) is 6.07 Å². The van der Waals surface area contributed by atoms with Crippen LogP contribution in [0.4, 0.5) is 11.4 Å². The molecule has 4 heteroatoms. The average molecular weight is 165 g/mol. The molecule has 0 N–H and O–H groups in total. The van der Waals surface area contributed by atoms with Gasteiger partial charge in [0.25, 0.3) is 5.69 Å². The highest BCUT2D eigenvalue weighted by Gasteiger charge is 2.13. The Hall–Kier alpha value is -1.58. The Bertz CT molecular complexity index is 297. The maximum absolute atomic E-state index is 10.5. The van der Waals surface area contributed by atoms with Crippen molar-refractivity contribution in [3.05, 3.63) is 34.4 Å². The van der Waals surface area contributed by atoms with Gasteiger partial charge in [-0.05, 0) is 0 Å². The molecule has 1 aromatic carbocycles. The molecule has 63 valence electrons. The van der Waals surface area contributed by atoms with E-state index in [1.807, 2.05) is 0 Å². The molecule has 0 fully saturated rings. The van der Waals surface area contributed by atoms with Gasteiger partial charge in [0.15, 0.2) is 0 Å². The van der Waals surface area contributed by atoms with E-state index in [4.69, 9.17) is 0 Å². The zero-order chi connectivity index (χ0) is 9.14. The minimum atomic E-state index is -0.411. The molecule has 0 aliphatic rings. The minimum absolute atomic E-state index is 0.0856. The van der Waals surface area contributed by atoms with Crippen molar-refractivity contribution in [3.63, 3.8) is 0 Å². The van der Waals surface area contributed by atoms with Crippen LogP contribution in [0.2, 0.25) is 0 Å². The third kappa shape index (κ3) is 1.53. The SMILES string of the molecule is CN(C)c1[c]cccc1[N+](=O)[O-]. The van der Waals surface area contributed by atoms with E-state index in [9.17, 15) is 10.1 Å². The van der Waals surface area contributed by atoms with Crippen LogP contribution in [0.25, 0.3) is 0 Å². The van der Waals surface area contributed by atoms with Gasteiger partial charge in [0.2, 0.25) is 0 Å². The third-order valence-electron chi connectivity index (χ3n) is 1.46. The summed E-state index contributed by atoms with van der Waals surface area (Å²) < 4.78 is 0. The molecule has 0 atom stereocenters. The molecular formula is C8H9N2O2. The molecule has 4 nitrogen and oxygen atoms in total. The Kier molecular flexibility index (Phi) is 2.28. The topological polar surface area (TPSA) is 46.4 Å². The fraction of sp³-hybridized carbons (Fsp3) is 0.250. The molecule has 0 saturated carbocycles. The Labute approximate surface area is 70.6 Å². The lowest BCUT2D eigenvalue weighted by atomic mass is 10.2. The summed E-state index contributed by atoms with van der Waals surface area (Å²) in [4.78, 5) is 11.7. The number of anilines is 1. The maximum Gasteiger partial charge on any atom is 0.293 e. The average Bonchev–Trinajstić information content (AvgIpc) is 2.04. The van der Waals surface area contributed by atoms with Crippen molar-refractivity contribution in [1.82, 2.24) is 0 Å². The van der Waals surface area contributed by atoms with Crippen molar-refractivity contribution < 1.29 is 4.92 Å². The largest absolute Gasteiger partial charge is 0.372 e. The summed E-state index contributed by atoms with van der Waals surface area (Å²) in [6.45, 7) is 0. The van der Waals surface area contributed by atoms with Gasteiger partial charge in [-0.25, -0.2) is 0 Å². The Morgan fingerprint density at radius 1 is 1.58 bits per heavy atom. The van der Waals surface area contributed by atoms with Gasteiger partial charge >= 0.3 is 0 Å². The number of nitro benzene ring substituents is 1. The summed E-state index contributed by atoms with van der Waals surface area (Å²) >= 11 is 0. The molecule has 12 heavy (non-hydrogen) atoms. The first-order valence-electron chi connectivity index (χ1n) is 3.45. The monoisotopic (exact) mass is 165 g/mol. The summed E-state index contributed by atoms with van der Waals surface area (Å²) in [6, 6.07) is 7.52. The predicted molar refractivity (Wildman–Crippen MR) is 46.3 cm³/mol. The molecule has 1 rings (SSSR count). The molecule has 1 aromatic rings. The van der Waals surface area contributed by atoms with Crippen molar-refractivity contribution in [1.29, 1.82) is 0 Å². The molecular weight excluding hydrogens is 156 g/mol. The van der Waals surface area contributed by atoms with Crippen molar-refractivity contribution in [3.8, 4) is 0 Å². The molecule has 0 heterocycles. The summed E-state index contributed by atoms with van der Waals surface area (Å²) in [5, 5.41) is 10.5. The second-order valence-electron chi connectivity index (χ2n) is 2.56. The molecule has 0 bridgehead atoms. The molecule has 0 aliphatic heterocycles. The van der Waals surface area contributed by atoms with Gasteiger partial charge in [-0.2, -0.15) is 0 Å². The number of hydrogen-bond donors (Lipinski definition) is 0. The smallest absolute Gasteiger partial charge is 0.293 e. The number of nitro groups is 1. The first-order valence-corrected chi connectivity index (χ1v) is 3.45. The highest BCUT2D eigenvalue weighted by atomic mass is 16.6. The van der Waals surface area contributed by atoms with Crippen LogP contribution >= 0.6 is 0 Å². The Morgan fingerprint density at radius 3 is 2.67 bits per heavy atom. The van der Waals surface area contributed by atoms with Crippen molar-refractivity contribution in [2.24, 2.45) is 0 Å². The molecule has 1 radical (unpaired) electrons. The van der Waals surface area contributed by atoms with Crippen molar-refractivity contribution >= 4 is 11.4 Å². The van der Waals surface area contributed by atoms with Gasteiger partial charge in [-0.3, -0.25) is 10.1 Å². The number of nitrogens with zero attached hydrogens (tertiary/aromatic N) is 2. The maximum atomic E-state index is 10.5. The number of benzene rings is 1. The minimum Gasteiger partial charge on any atom is -0.372 e. The van der Waals surface area contributed by atoms with Crippen molar-refractivity contribution in [2.75, 3.05) is 19.0 Å². The standard InChI is InChI=1S/C8H9N2O2/c1-9(2)7-5-3-4-6-8(7)10(11)12/h3-4,6H,1-2H3. The van der Waals surface area contributed by atoms with Gasteiger partial charge < -0.3 is 4.90 Å². The van der Waals surface area contributed by atoms with E-state index in [1.165, 1.54) is 6.07 Å². The quantitative estimate of drug-likeness (QED) is 0.492.